The Kier molecular flexibility index (Phi) is 3.39. The van der Waals surface area contributed by atoms with Crippen LogP contribution in [0, 0.1) is 0 Å². The molecule has 0 spiro atoms. The number of nitrogens with two attached hydrogens (primary N) is 1. The summed E-state index contributed by atoms with van der Waals surface area (Å²) in [5.74, 6) is 0.818. The number of ether oxygens (including phenoxy) is 1. The molecule has 4 heteroatoms. The third-order valence-corrected chi connectivity index (χ3v) is 3.04. The molecule has 0 amide bonds. The molecule has 1 atom stereocenters. The third-order valence-electron chi connectivity index (χ3n) is 3.04. The highest BCUT2D eigenvalue weighted by molar-refractivity contribution is 5.39. The van der Waals surface area contributed by atoms with Gasteiger partial charge >= 0.3 is 0 Å². The summed E-state index contributed by atoms with van der Waals surface area (Å²) in [4.78, 5) is 0. The summed E-state index contributed by atoms with van der Waals surface area (Å²) < 4.78 is 7.15. The Labute approximate surface area is 107 Å². The second-order valence-electron chi connectivity index (χ2n) is 4.78. The number of nitrogens with zero attached hydrogens (tertiary/aromatic N) is 2. The average molecular weight is 245 g/mol. The molecule has 2 rings (SSSR count). The zero-order valence-corrected chi connectivity index (χ0v) is 11.1. The SMILES string of the molecule is COc1ccccc1C(C)(N)Cc1ccn(C)n1. The molecule has 96 valence electrons. The molecule has 0 aliphatic carbocycles. The minimum absolute atomic E-state index is 0.499. The van der Waals surface area contributed by atoms with E-state index in [4.69, 9.17) is 10.5 Å². The van der Waals surface area contributed by atoms with E-state index in [2.05, 4.69) is 5.10 Å². The maximum Gasteiger partial charge on any atom is 0.123 e. The van der Waals surface area contributed by atoms with Crippen molar-refractivity contribution in [2.24, 2.45) is 12.8 Å². The molecule has 1 heterocycles. The van der Waals surface area contributed by atoms with Crippen LogP contribution >= 0.6 is 0 Å². The van der Waals surface area contributed by atoms with E-state index >= 15 is 0 Å². The molecular formula is C14H19N3O. The van der Waals surface area contributed by atoms with Gasteiger partial charge in [0.15, 0.2) is 0 Å². The van der Waals surface area contributed by atoms with E-state index in [1.54, 1.807) is 11.8 Å². The van der Waals surface area contributed by atoms with Gasteiger partial charge in [0.1, 0.15) is 5.75 Å². The molecule has 1 unspecified atom stereocenters. The largest absolute Gasteiger partial charge is 0.496 e. The number of hydrogen-bond acceptors (Lipinski definition) is 3. The van der Waals surface area contributed by atoms with Crippen molar-refractivity contribution in [3.8, 4) is 5.75 Å². The molecule has 0 radical (unpaired) electrons. The van der Waals surface area contributed by atoms with E-state index in [1.807, 2.05) is 50.5 Å². The monoisotopic (exact) mass is 245 g/mol. The highest BCUT2D eigenvalue weighted by Crippen LogP contribution is 2.30. The van der Waals surface area contributed by atoms with Gasteiger partial charge < -0.3 is 10.5 Å². The first kappa shape index (κ1) is 12.6. The Morgan fingerprint density at radius 3 is 2.67 bits per heavy atom. The van der Waals surface area contributed by atoms with E-state index in [0.717, 1.165) is 17.0 Å². The lowest BCUT2D eigenvalue weighted by Crippen LogP contribution is -2.36. The van der Waals surface area contributed by atoms with Crippen LogP contribution in [0.3, 0.4) is 0 Å². The van der Waals surface area contributed by atoms with Gasteiger partial charge in [0.05, 0.1) is 12.8 Å². The number of para-hydroxylation sites is 1. The molecular weight excluding hydrogens is 226 g/mol. The number of hydrogen-bond donors (Lipinski definition) is 1. The van der Waals surface area contributed by atoms with Crippen LogP contribution in [0.15, 0.2) is 36.5 Å². The third kappa shape index (κ3) is 2.54. The summed E-state index contributed by atoms with van der Waals surface area (Å²) in [7, 11) is 3.57. The van der Waals surface area contributed by atoms with Crippen LogP contribution in [0.1, 0.15) is 18.2 Å². The predicted octanol–water partition coefficient (Wildman–Crippen LogP) is 1.85. The second kappa shape index (κ2) is 4.82. The van der Waals surface area contributed by atoms with Crippen molar-refractivity contribution in [3.63, 3.8) is 0 Å². The standard InChI is InChI=1S/C14H19N3O/c1-14(15,10-11-8-9-17(2)16-11)12-6-4-5-7-13(12)18-3/h4-9H,10,15H2,1-3H3. The molecule has 0 aliphatic rings. The Hall–Kier alpha value is -1.81. The zero-order valence-electron chi connectivity index (χ0n) is 11.1. The van der Waals surface area contributed by atoms with E-state index in [9.17, 15) is 0 Å². The van der Waals surface area contributed by atoms with Crippen molar-refractivity contribution in [2.75, 3.05) is 7.11 Å². The van der Waals surface area contributed by atoms with Gasteiger partial charge in [-0.3, -0.25) is 4.68 Å². The molecule has 0 saturated carbocycles. The molecule has 2 N–H and O–H groups in total. The van der Waals surface area contributed by atoms with Crippen molar-refractivity contribution >= 4 is 0 Å². The molecule has 0 aliphatic heterocycles. The topological polar surface area (TPSA) is 53.1 Å². The lowest BCUT2D eigenvalue weighted by atomic mass is 9.88. The number of benzene rings is 1. The first-order valence-electron chi connectivity index (χ1n) is 5.94. The van der Waals surface area contributed by atoms with Gasteiger partial charge in [-0.25, -0.2) is 0 Å². The number of aromatic nitrogens is 2. The fourth-order valence-electron chi connectivity index (χ4n) is 2.15. The lowest BCUT2D eigenvalue weighted by Gasteiger charge is -2.26. The summed E-state index contributed by atoms with van der Waals surface area (Å²) in [5, 5.41) is 4.37. The summed E-state index contributed by atoms with van der Waals surface area (Å²) >= 11 is 0. The lowest BCUT2D eigenvalue weighted by molar-refractivity contribution is 0.385. The molecule has 2 aromatic rings. The summed E-state index contributed by atoms with van der Waals surface area (Å²) in [6, 6.07) is 9.84. The first-order valence-corrected chi connectivity index (χ1v) is 5.94. The molecule has 0 saturated heterocycles. The van der Waals surface area contributed by atoms with Crippen LogP contribution in [0.4, 0.5) is 0 Å². The Morgan fingerprint density at radius 2 is 2.06 bits per heavy atom. The van der Waals surface area contributed by atoms with Crippen LogP contribution in [0.25, 0.3) is 0 Å². The zero-order chi connectivity index (χ0) is 13.2. The Balaban J connectivity index is 2.29. The van der Waals surface area contributed by atoms with Crippen molar-refractivity contribution in [1.29, 1.82) is 0 Å². The van der Waals surface area contributed by atoms with E-state index in [0.29, 0.717) is 6.42 Å². The van der Waals surface area contributed by atoms with Gasteiger partial charge in [0.2, 0.25) is 0 Å². The molecule has 1 aromatic carbocycles. The van der Waals surface area contributed by atoms with Crippen LogP contribution in [0.2, 0.25) is 0 Å². The minimum Gasteiger partial charge on any atom is -0.496 e. The fourth-order valence-corrected chi connectivity index (χ4v) is 2.15. The van der Waals surface area contributed by atoms with E-state index < -0.39 is 5.54 Å². The molecule has 4 nitrogen and oxygen atoms in total. The number of methoxy groups -OCH3 is 1. The summed E-state index contributed by atoms with van der Waals surface area (Å²) in [5.41, 5.74) is 7.91. The molecule has 1 aromatic heterocycles. The minimum atomic E-state index is -0.499. The average Bonchev–Trinajstić information content (AvgIpc) is 2.74. The van der Waals surface area contributed by atoms with Crippen LogP contribution in [-0.2, 0) is 19.0 Å². The van der Waals surface area contributed by atoms with Gasteiger partial charge in [-0.05, 0) is 19.1 Å². The van der Waals surface area contributed by atoms with Crippen molar-refractivity contribution in [2.45, 2.75) is 18.9 Å². The Bertz CT molecular complexity index is 531. The van der Waals surface area contributed by atoms with E-state index in [1.165, 1.54) is 0 Å². The van der Waals surface area contributed by atoms with Gasteiger partial charge in [-0.1, -0.05) is 18.2 Å². The molecule has 0 bridgehead atoms. The van der Waals surface area contributed by atoms with Crippen molar-refractivity contribution in [3.05, 3.63) is 47.8 Å². The quantitative estimate of drug-likeness (QED) is 0.894. The normalized spacial score (nSPS) is 14.2. The maximum absolute atomic E-state index is 6.43. The molecule has 0 fully saturated rings. The van der Waals surface area contributed by atoms with Crippen LogP contribution in [-0.4, -0.2) is 16.9 Å². The van der Waals surface area contributed by atoms with Gasteiger partial charge in [0, 0.05) is 30.8 Å². The number of aryl methyl sites for hydroxylation is 1. The Morgan fingerprint density at radius 1 is 1.33 bits per heavy atom. The maximum atomic E-state index is 6.43. The number of rotatable bonds is 4. The first-order chi connectivity index (χ1) is 8.53. The smallest absolute Gasteiger partial charge is 0.123 e. The van der Waals surface area contributed by atoms with Crippen LogP contribution < -0.4 is 10.5 Å². The van der Waals surface area contributed by atoms with Gasteiger partial charge in [-0.15, -0.1) is 0 Å². The second-order valence-corrected chi connectivity index (χ2v) is 4.78. The van der Waals surface area contributed by atoms with Crippen molar-refractivity contribution < 1.29 is 4.74 Å². The van der Waals surface area contributed by atoms with E-state index in [-0.39, 0.29) is 0 Å². The van der Waals surface area contributed by atoms with Gasteiger partial charge in [0.25, 0.3) is 0 Å². The van der Waals surface area contributed by atoms with Crippen molar-refractivity contribution in [1.82, 2.24) is 9.78 Å². The highest BCUT2D eigenvalue weighted by Gasteiger charge is 2.26. The molecule has 18 heavy (non-hydrogen) atoms. The van der Waals surface area contributed by atoms with Crippen LogP contribution in [0.5, 0.6) is 5.75 Å². The summed E-state index contributed by atoms with van der Waals surface area (Å²) in [6.45, 7) is 2.00. The highest BCUT2D eigenvalue weighted by atomic mass is 16.5. The predicted molar refractivity (Wildman–Crippen MR) is 71.4 cm³/mol. The fraction of sp³-hybridized carbons (Fsp3) is 0.357. The summed E-state index contributed by atoms with van der Waals surface area (Å²) in [6.07, 6.45) is 2.60. The van der Waals surface area contributed by atoms with Gasteiger partial charge in [-0.2, -0.15) is 5.10 Å².